The SMILES string of the molecule is COc1cccc(C=C2Oc3cc(OC(=O)c4ccc(C)cc4)ccc3C2=O)c1OC. The Morgan fingerprint density at radius 3 is 2.45 bits per heavy atom. The lowest BCUT2D eigenvalue weighted by Gasteiger charge is -2.10. The van der Waals surface area contributed by atoms with Crippen molar-refractivity contribution in [1.82, 2.24) is 0 Å². The highest BCUT2D eigenvalue weighted by molar-refractivity contribution is 6.14. The van der Waals surface area contributed by atoms with Crippen molar-refractivity contribution in [3.05, 3.63) is 88.7 Å². The molecule has 0 N–H and O–H groups in total. The molecule has 1 aliphatic heterocycles. The highest BCUT2D eigenvalue weighted by Gasteiger charge is 2.28. The van der Waals surface area contributed by atoms with Crippen LogP contribution in [0.1, 0.15) is 31.8 Å². The standard InChI is InChI=1S/C25H20O6/c1-15-7-9-16(10-8-15)25(27)30-18-11-12-19-21(14-18)31-22(23(19)26)13-17-5-4-6-20(28-2)24(17)29-3/h4-14H,1-3H3. The number of Topliss-reactive ketones (excluding diaryl/α,β-unsaturated/α-hetero) is 1. The van der Waals surface area contributed by atoms with E-state index in [9.17, 15) is 9.59 Å². The highest BCUT2D eigenvalue weighted by Crippen LogP contribution is 2.37. The van der Waals surface area contributed by atoms with E-state index in [0.29, 0.717) is 33.9 Å². The van der Waals surface area contributed by atoms with E-state index in [0.717, 1.165) is 5.56 Å². The van der Waals surface area contributed by atoms with Gasteiger partial charge in [0.1, 0.15) is 11.5 Å². The first-order chi connectivity index (χ1) is 15.0. The Labute approximate surface area is 179 Å². The van der Waals surface area contributed by atoms with Crippen molar-refractivity contribution in [2.24, 2.45) is 0 Å². The smallest absolute Gasteiger partial charge is 0.343 e. The molecule has 1 aliphatic rings. The van der Waals surface area contributed by atoms with Crippen molar-refractivity contribution < 1.29 is 28.5 Å². The molecule has 6 nitrogen and oxygen atoms in total. The third-order valence-electron chi connectivity index (χ3n) is 4.86. The summed E-state index contributed by atoms with van der Waals surface area (Å²) in [5.41, 5.74) is 2.52. The zero-order valence-corrected chi connectivity index (χ0v) is 17.3. The fourth-order valence-corrected chi connectivity index (χ4v) is 3.25. The Morgan fingerprint density at radius 1 is 0.968 bits per heavy atom. The first-order valence-electron chi connectivity index (χ1n) is 9.58. The van der Waals surface area contributed by atoms with Gasteiger partial charge in [-0.15, -0.1) is 0 Å². The third kappa shape index (κ3) is 4.00. The minimum absolute atomic E-state index is 0.142. The van der Waals surface area contributed by atoms with Crippen LogP contribution in [0.4, 0.5) is 0 Å². The van der Waals surface area contributed by atoms with Crippen molar-refractivity contribution in [1.29, 1.82) is 0 Å². The van der Waals surface area contributed by atoms with Gasteiger partial charge in [0, 0.05) is 11.6 Å². The number of fused-ring (bicyclic) bond motifs is 1. The number of hydrogen-bond donors (Lipinski definition) is 0. The molecule has 31 heavy (non-hydrogen) atoms. The quantitative estimate of drug-likeness (QED) is 0.336. The summed E-state index contributed by atoms with van der Waals surface area (Å²) in [6.45, 7) is 1.94. The van der Waals surface area contributed by atoms with E-state index in [-0.39, 0.29) is 17.3 Å². The predicted octanol–water partition coefficient (Wildman–Crippen LogP) is 4.85. The van der Waals surface area contributed by atoms with E-state index in [4.69, 9.17) is 18.9 Å². The van der Waals surface area contributed by atoms with Crippen LogP contribution < -0.4 is 18.9 Å². The lowest BCUT2D eigenvalue weighted by atomic mass is 10.1. The van der Waals surface area contributed by atoms with Crippen molar-refractivity contribution in [2.75, 3.05) is 14.2 Å². The van der Waals surface area contributed by atoms with Crippen molar-refractivity contribution >= 4 is 17.8 Å². The average Bonchev–Trinajstić information content (AvgIpc) is 3.08. The van der Waals surface area contributed by atoms with E-state index in [1.807, 2.05) is 19.1 Å². The molecule has 0 saturated heterocycles. The maximum atomic E-state index is 12.8. The number of carbonyl (C=O) groups is 2. The van der Waals surface area contributed by atoms with Crippen LogP contribution in [0.5, 0.6) is 23.0 Å². The molecular weight excluding hydrogens is 396 g/mol. The van der Waals surface area contributed by atoms with Gasteiger partial charge in [-0.05, 0) is 43.3 Å². The number of methoxy groups -OCH3 is 2. The summed E-state index contributed by atoms with van der Waals surface area (Å²) in [6, 6.07) is 17.1. The summed E-state index contributed by atoms with van der Waals surface area (Å²) in [6.07, 6.45) is 1.60. The number of hydrogen-bond acceptors (Lipinski definition) is 6. The van der Waals surface area contributed by atoms with E-state index < -0.39 is 5.97 Å². The van der Waals surface area contributed by atoms with Crippen LogP contribution in [0.25, 0.3) is 6.08 Å². The molecule has 6 heteroatoms. The van der Waals surface area contributed by atoms with Gasteiger partial charge in [-0.25, -0.2) is 4.79 Å². The molecule has 0 atom stereocenters. The molecule has 0 aliphatic carbocycles. The van der Waals surface area contributed by atoms with Gasteiger partial charge in [0.05, 0.1) is 25.3 Å². The van der Waals surface area contributed by atoms with Gasteiger partial charge < -0.3 is 18.9 Å². The molecule has 0 amide bonds. The molecule has 156 valence electrons. The number of benzene rings is 3. The Bertz CT molecular complexity index is 1190. The normalized spacial score (nSPS) is 13.5. The molecule has 0 aromatic heterocycles. The number of ether oxygens (including phenoxy) is 4. The summed E-state index contributed by atoms with van der Waals surface area (Å²) in [4.78, 5) is 25.1. The van der Waals surface area contributed by atoms with Gasteiger partial charge in [-0.1, -0.05) is 29.8 Å². The molecule has 3 aromatic carbocycles. The van der Waals surface area contributed by atoms with Crippen molar-refractivity contribution in [3.63, 3.8) is 0 Å². The van der Waals surface area contributed by atoms with E-state index in [1.54, 1.807) is 55.7 Å². The summed E-state index contributed by atoms with van der Waals surface area (Å²) < 4.78 is 21.9. The van der Waals surface area contributed by atoms with Gasteiger partial charge in [0.15, 0.2) is 17.3 Å². The Kier molecular flexibility index (Phi) is 5.45. The van der Waals surface area contributed by atoms with Crippen LogP contribution >= 0.6 is 0 Å². The number of para-hydroxylation sites is 1. The maximum absolute atomic E-state index is 12.8. The van der Waals surface area contributed by atoms with Gasteiger partial charge in [0.25, 0.3) is 0 Å². The second-order valence-electron chi connectivity index (χ2n) is 6.94. The van der Waals surface area contributed by atoms with Gasteiger partial charge in [0.2, 0.25) is 5.78 Å². The van der Waals surface area contributed by atoms with E-state index in [1.165, 1.54) is 13.2 Å². The van der Waals surface area contributed by atoms with E-state index >= 15 is 0 Å². The summed E-state index contributed by atoms with van der Waals surface area (Å²) in [7, 11) is 3.07. The number of carbonyl (C=O) groups excluding carboxylic acids is 2. The van der Waals surface area contributed by atoms with Crippen LogP contribution in [0, 0.1) is 6.92 Å². The van der Waals surface area contributed by atoms with Gasteiger partial charge in [-0.3, -0.25) is 4.79 Å². The first-order valence-corrected chi connectivity index (χ1v) is 9.58. The number of esters is 1. The maximum Gasteiger partial charge on any atom is 0.343 e. The van der Waals surface area contributed by atoms with Crippen LogP contribution in [-0.2, 0) is 0 Å². The topological polar surface area (TPSA) is 71.1 Å². The Hall–Kier alpha value is -4.06. The number of rotatable bonds is 5. The average molecular weight is 416 g/mol. The molecule has 0 radical (unpaired) electrons. The molecular formula is C25H20O6. The molecule has 4 rings (SSSR count). The van der Waals surface area contributed by atoms with Crippen LogP contribution in [0.2, 0.25) is 0 Å². The molecule has 0 unspecified atom stereocenters. The zero-order valence-electron chi connectivity index (χ0n) is 17.3. The molecule has 0 bridgehead atoms. The summed E-state index contributed by atoms with van der Waals surface area (Å²) in [5, 5.41) is 0. The Morgan fingerprint density at radius 2 is 1.74 bits per heavy atom. The number of ketones is 1. The lowest BCUT2D eigenvalue weighted by Crippen LogP contribution is -2.08. The third-order valence-corrected chi connectivity index (χ3v) is 4.86. The summed E-state index contributed by atoms with van der Waals surface area (Å²) in [5.74, 6) is 1.05. The van der Waals surface area contributed by atoms with Crippen molar-refractivity contribution in [2.45, 2.75) is 6.92 Å². The molecule has 0 saturated carbocycles. The minimum Gasteiger partial charge on any atom is -0.493 e. The van der Waals surface area contributed by atoms with Gasteiger partial charge in [-0.2, -0.15) is 0 Å². The fraction of sp³-hybridized carbons (Fsp3) is 0.120. The molecule has 1 heterocycles. The predicted molar refractivity (Wildman–Crippen MR) is 115 cm³/mol. The highest BCUT2D eigenvalue weighted by atomic mass is 16.5. The molecule has 3 aromatic rings. The first kappa shape index (κ1) is 20.2. The van der Waals surface area contributed by atoms with Crippen LogP contribution in [0.15, 0.2) is 66.4 Å². The fourth-order valence-electron chi connectivity index (χ4n) is 3.25. The number of aryl methyl sites for hydroxylation is 1. The Balaban J connectivity index is 1.58. The van der Waals surface area contributed by atoms with Crippen molar-refractivity contribution in [3.8, 4) is 23.0 Å². The van der Waals surface area contributed by atoms with Crippen LogP contribution in [-0.4, -0.2) is 26.0 Å². The van der Waals surface area contributed by atoms with Crippen LogP contribution in [0.3, 0.4) is 0 Å². The van der Waals surface area contributed by atoms with Gasteiger partial charge >= 0.3 is 5.97 Å². The zero-order chi connectivity index (χ0) is 22.0. The monoisotopic (exact) mass is 416 g/mol. The minimum atomic E-state index is -0.485. The van der Waals surface area contributed by atoms with E-state index in [2.05, 4.69) is 0 Å². The largest absolute Gasteiger partial charge is 0.493 e. The lowest BCUT2D eigenvalue weighted by molar-refractivity contribution is 0.0734. The second-order valence-corrected chi connectivity index (χ2v) is 6.94. The molecule has 0 spiro atoms. The summed E-state index contributed by atoms with van der Waals surface area (Å²) >= 11 is 0. The molecule has 0 fully saturated rings. The second kappa shape index (κ2) is 8.36. The number of allylic oxidation sites excluding steroid dienone is 1.